The summed E-state index contributed by atoms with van der Waals surface area (Å²) in [5.41, 5.74) is 2.62. The summed E-state index contributed by atoms with van der Waals surface area (Å²) in [5.74, 6) is -0.139. The Hall–Kier alpha value is -3.03. The predicted molar refractivity (Wildman–Crippen MR) is 101 cm³/mol. The number of carbonyl (C=O) groups is 1. The maximum Gasteiger partial charge on any atom is 0.258 e. The molecule has 3 aromatic rings. The van der Waals surface area contributed by atoms with E-state index in [2.05, 4.69) is 9.97 Å². The van der Waals surface area contributed by atoms with Crippen molar-refractivity contribution in [2.45, 2.75) is 6.04 Å². The van der Waals surface area contributed by atoms with Crippen LogP contribution in [0.15, 0.2) is 53.6 Å². The van der Waals surface area contributed by atoms with Gasteiger partial charge in [-0.25, -0.2) is 4.98 Å². The van der Waals surface area contributed by atoms with E-state index in [1.165, 1.54) is 6.33 Å². The van der Waals surface area contributed by atoms with Crippen LogP contribution in [0.2, 0.25) is 0 Å². The molecule has 1 unspecified atom stereocenters. The standard InChI is InChI=1S/C20H19N3O4/c24-10-16-11-27-7-6-23(16)20(26)15-3-1-2-13(8-15)14-4-5-18-17(9-14)19(25)22-12-21-18/h1-5,8-9,12,16,24H,6-7,10-11H2,(H,21,22,25). The van der Waals surface area contributed by atoms with E-state index in [1.54, 1.807) is 29.2 Å². The summed E-state index contributed by atoms with van der Waals surface area (Å²) < 4.78 is 5.34. The first-order chi connectivity index (χ1) is 13.2. The second-order valence-electron chi connectivity index (χ2n) is 6.45. The van der Waals surface area contributed by atoms with Gasteiger partial charge in [-0.2, -0.15) is 0 Å². The number of nitrogens with one attached hydrogen (secondary N) is 1. The van der Waals surface area contributed by atoms with Crippen LogP contribution in [0.25, 0.3) is 22.0 Å². The Balaban J connectivity index is 1.69. The van der Waals surface area contributed by atoms with Crippen molar-refractivity contribution in [2.24, 2.45) is 0 Å². The van der Waals surface area contributed by atoms with Gasteiger partial charge >= 0.3 is 0 Å². The van der Waals surface area contributed by atoms with Crippen molar-refractivity contribution in [3.8, 4) is 11.1 Å². The number of fused-ring (bicyclic) bond motifs is 1. The van der Waals surface area contributed by atoms with Gasteiger partial charge in [-0.05, 0) is 35.4 Å². The number of H-pyrrole nitrogens is 1. The zero-order chi connectivity index (χ0) is 18.8. The number of carbonyl (C=O) groups excluding carboxylic acids is 1. The highest BCUT2D eigenvalue weighted by Crippen LogP contribution is 2.24. The summed E-state index contributed by atoms with van der Waals surface area (Å²) in [6, 6.07) is 12.4. The fraction of sp³-hybridized carbons (Fsp3) is 0.250. The molecule has 1 fully saturated rings. The fourth-order valence-corrected chi connectivity index (χ4v) is 3.32. The third kappa shape index (κ3) is 3.34. The summed E-state index contributed by atoms with van der Waals surface area (Å²) in [5, 5.41) is 10.0. The van der Waals surface area contributed by atoms with Crippen LogP contribution in [0.4, 0.5) is 0 Å². The molecule has 27 heavy (non-hydrogen) atoms. The Morgan fingerprint density at radius 3 is 2.96 bits per heavy atom. The number of rotatable bonds is 3. The molecule has 7 nitrogen and oxygen atoms in total. The van der Waals surface area contributed by atoms with E-state index < -0.39 is 0 Å². The van der Waals surface area contributed by atoms with Crippen molar-refractivity contribution in [1.29, 1.82) is 0 Å². The van der Waals surface area contributed by atoms with E-state index in [0.717, 1.165) is 11.1 Å². The average molecular weight is 365 g/mol. The number of hydrogen-bond acceptors (Lipinski definition) is 5. The number of aromatic nitrogens is 2. The van der Waals surface area contributed by atoms with Crippen LogP contribution in [-0.2, 0) is 4.74 Å². The maximum atomic E-state index is 12.9. The fourth-order valence-electron chi connectivity index (χ4n) is 3.32. The van der Waals surface area contributed by atoms with Crippen molar-refractivity contribution in [3.63, 3.8) is 0 Å². The first-order valence-electron chi connectivity index (χ1n) is 8.75. The number of aromatic amines is 1. The molecule has 1 aromatic heterocycles. The van der Waals surface area contributed by atoms with Gasteiger partial charge in [0.1, 0.15) is 0 Å². The third-order valence-electron chi connectivity index (χ3n) is 4.78. The summed E-state index contributed by atoms with van der Waals surface area (Å²) in [6.07, 6.45) is 1.38. The number of aliphatic hydroxyl groups is 1. The maximum absolute atomic E-state index is 12.9. The lowest BCUT2D eigenvalue weighted by molar-refractivity contribution is -0.0183. The molecule has 1 aliphatic rings. The van der Waals surface area contributed by atoms with E-state index >= 15 is 0 Å². The molecule has 0 spiro atoms. The SMILES string of the molecule is O=C(c1cccc(-c2ccc3nc[nH]c(=O)c3c2)c1)N1CCOCC1CO. The lowest BCUT2D eigenvalue weighted by Gasteiger charge is -2.34. The van der Waals surface area contributed by atoms with Gasteiger partial charge in [-0.1, -0.05) is 18.2 Å². The predicted octanol–water partition coefficient (Wildman–Crippen LogP) is 1.42. The van der Waals surface area contributed by atoms with Gasteiger partial charge in [0.05, 0.1) is 43.1 Å². The summed E-state index contributed by atoms with van der Waals surface area (Å²) in [4.78, 5) is 33.3. The summed E-state index contributed by atoms with van der Waals surface area (Å²) in [6.45, 7) is 1.11. The molecule has 1 amide bonds. The van der Waals surface area contributed by atoms with Gasteiger partial charge in [-0.15, -0.1) is 0 Å². The van der Waals surface area contributed by atoms with Crippen molar-refractivity contribution in [1.82, 2.24) is 14.9 Å². The Morgan fingerprint density at radius 2 is 2.11 bits per heavy atom. The molecule has 0 radical (unpaired) electrons. The Morgan fingerprint density at radius 1 is 1.26 bits per heavy atom. The molecule has 0 bridgehead atoms. The molecular weight excluding hydrogens is 346 g/mol. The highest BCUT2D eigenvalue weighted by Gasteiger charge is 2.27. The van der Waals surface area contributed by atoms with Crippen LogP contribution in [0, 0.1) is 0 Å². The quantitative estimate of drug-likeness (QED) is 0.732. The van der Waals surface area contributed by atoms with E-state index in [0.29, 0.717) is 36.2 Å². The number of hydrogen-bond donors (Lipinski definition) is 2. The molecule has 1 aliphatic heterocycles. The first-order valence-corrected chi connectivity index (χ1v) is 8.75. The van der Waals surface area contributed by atoms with Gasteiger partial charge in [0, 0.05) is 12.1 Å². The molecular formula is C20H19N3O4. The van der Waals surface area contributed by atoms with E-state index in [-0.39, 0.29) is 24.1 Å². The number of benzene rings is 2. The van der Waals surface area contributed by atoms with Crippen molar-refractivity contribution in [3.05, 3.63) is 64.7 Å². The second-order valence-corrected chi connectivity index (χ2v) is 6.45. The largest absolute Gasteiger partial charge is 0.394 e. The lowest BCUT2D eigenvalue weighted by Crippen LogP contribution is -2.50. The van der Waals surface area contributed by atoms with Gasteiger partial charge in [0.2, 0.25) is 0 Å². The smallest absolute Gasteiger partial charge is 0.258 e. The normalized spacial score (nSPS) is 17.2. The van der Waals surface area contributed by atoms with E-state index in [4.69, 9.17) is 4.74 Å². The third-order valence-corrected chi connectivity index (χ3v) is 4.78. The Kier molecular flexibility index (Phi) is 4.70. The average Bonchev–Trinajstić information content (AvgIpc) is 2.73. The first kappa shape index (κ1) is 17.4. The zero-order valence-corrected chi connectivity index (χ0v) is 14.6. The van der Waals surface area contributed by atoms with Gasteiger partial charge < -0.3 is 19.7 Å². The molecule has 2 N–H and O–H groups in total. The van der Waals surface area contributed by atoms with Crippen molar-refractivity contribution >= 4 is 16.8 Å². The minimum absolute atomic E-state index is 0.133. The number of morpholine rings is 1. The molecule has 0 aliphatic carbocycles. The highest BCUT2D eigenvalue weighted by molar-refractivity contribution is 5.96. The van der Waals surface area contributed by atoms with E-state index in [1.807, 2.05) is 18.2 Å². The molecule has 4 rings (SSSR count). The van der Waals surface area contributed by atoms with Crippen LogP contribution < -0.4 is 5.56 Å². The van der Waals surface area contributed by atoms with Crippen LogP contribution >= 0.6 is 0 Å². The van der Waals surface area contributed by atoms with E-state index in [9.17, 15) is 14.7 Å². The Labute approximate surface area is 155 Å². The lowest BCUT2D eigenvalue weighted by atomic mass is 10.0. The van der Waals surface area contributed by atoms with Gasteiger partial charge in [0.15, 0.2) is 0 Å². The topological polar surface area (TPSA) is 95.5 Å². The minimum Gasteiger partial charge on any atom is -0.394 e. The highest BCUT2D eigenvalue weighted by atomic mass is 16.5. The van der Waals surface area contributed by atoms with Crippen molar-refractivity contribution < 1.29 is 14.6 Å². The monoisotopic (exact) mass is 365 g/mol. The van der Waals surface area contributed by atoms with Crippen LogP contribution in [0.5, 0.6) is 0 Å². The van der Waals surface area contributed by atoms with Crippen LogP contribution in [0.3, 0.4) is 0 Å². The zero-order valence-electron chi connectivity index (χ0n) is 14.6. The molecule has 7 heteroatoms. The summed E-state index contributed by atoms with van der Waals surface area (Å²) >= 11 is 0. The molecule has 138 valence electrons. The second kappa shape index (κ2) is 7.30. The molecule has 1 saturated heterocycles. The molecule has 1 atom stereocenters. The number of amides is 1. The minimum atomic E-state index is -0.333. The molecule has 2 aromatic carbocycles. The summed E-state index contributed by atoms with van der Waals surface area (Å²) in [7, 11) is 0. The number of aliphatic hydroxyl groups excluding tert-OH is 1. The number of nitrogens with zero attached hydrogens (tertiary/aromatic N) is 2. The van der Waals surface area contributed by atoms with Crippen LogP contribution in [0.1, 0.15) is 10.4 Å². The number of ether oxygens (including phenoxy) is 1. The van der Waals surface area contributed by atoms with Gasteiger partial charge in [0.25, 0.3) is 11.5 Å². The van der Waals surface area contributed by atoms with Crippen molar-refractivity contribution in [2.75, 3.05) is 26.4 Å². The molecule has 0 saturated carbocycles. The molecule has 2 heterocycles. The van der Waals surface area contributed by atoms with Gasteiger partial charge in [-0.3, -0.25) is 9.59 Å². The van der Waals surface area contributed by atoms with Crippen LogP contribution in [-0.4, -0.2) is 58.3 Å². The Bertz CT molecular complexity index is 1050.